The Labute approximate surface area is 176 Å². The Kier molecular flexibility index (Phi) is 4.61. The van der Waals surface area contributed by atoms with Crippen molar-refractivity contribution in [2.75, 3.05) is 0 Å². The van der Waals surface area contributed by atoms with Crippen LogP contribution in [-0.2, 0) is 6.42 Å². The normalized spacial score (nSPS) is 11.1. The number of nitrogens with one attached hydrogen (secondary N) is 1. The van der Waals surface area contributed by atoms with Crippen LogP contribution in [0.1, 0.15) is 27.8 Å². The fraction of sp³-hybridized carbons (Fsp3) is 0.0435. The summed E-state index contributed by atoms with van der Waals surface area (Å²) in [6, 6.07) is 18.8. The van der Waals surface area contributed by atoms with E-state index in [1.165, 1.54) is 0 Å². The van der Waals surface area contributed by atoms with E-state index >= 15 is 0 Å². The van der Waals surface area contributed by atoms with E-state index in [2.05, 4.69) is 19.9 Å². The Morgan fingerprint density at radius 1 is 1.00 bits per heavy atom. The van der Waals surface area contributed by atoms with E-state index < -0.39 is 5.78 Å². The van der Waals surface area contributed by atoms with E-state index in [-0.39, 0.29) is 11.7 Å². The molecule has 30 heavy (non-hydrogen) atoms. The van der Waals surface area contributed by atoms with Gasteiger partial charge < -0.3 is 9.40 Å². The number of rotatable bonds is 5. The van der Waals surface area contributed by atoms with Crippen LogP contribution >= 0.6 is 11.6 Å². The lowest BCUT2D eigenvalue weighted by molar-refractivity contribution is 0.0995. The highest BCUT2D eigenvalue weighted by molar-refractivity contribution is 6.30. The second-order valence-corrected chi connectivity index (χ2v) is 7.21. The average Bonchev–Trinajstić information content (AvgIpc) is 3.40. The number of carbonyl (C=O) groups excluding carboxylic acids is 1. The van der Waals surface area contributed by atoms with Gasteiger partial charge in [-0.3, -0.25) is 9.78 Å². The Bertz CT molecular complexity index is 1310. The van der Waals surface area contributed by atoms with Crippen molar-refractivity contribution in [3.8, 4) is 11.3 Å². The first-order valence-electron chi connectivity index (χ1n) is 9.31. The maximum absolute atomic E-state index is 13.0. The minimum Gasteiger partial charge on any atom is -0.433 e. The maximum atomic E-state index is 13.0. The minimum absolute atomic E-state index is 0.00941. The largest absolute Gasteiger partial charge is 0.433 e. The van der Waals surface area contributed by atoms with Crippen LogP contribution in [0.5, 0.6) is 0 Å². The Balaban J connectivity index is 1.56. The predicted molar refractivity (Wildman–Crippen MR) is 114 cm³/mol. The monoisotopic (exact) mass is 414 g/mol. The fourth-order valence-electron chi connectivity index (χ4n) is 3.25. The number of fused-ring (bicyclic) bond motifs is 1. The molecule has 6 nitrogen and oxygen atoms in total. The van der Waals surface area contributed by atoms with Crippen LogP contribution in [0.3, 0.4) is 0 Å². The lowest BCUT2D eigenvalue weighted by Crippen LogP contribution is -2.04. The third-order valence-electron chi connectivity index (χ3n) is 4.71. The highest BCUT2D eigenvalue weighted by Gasteiger charge is 2.24. The van der Waals surface area contributed by atoms with Gasteiger partial charge in [-0.1, -0.05) is 54.1 Å². The second-order valence-electron chi connectivity index (χ2n) is 6.77. The summed E-state index contributed by atoms with van der Waals surface area (Å²) in [6.45, 7) is 0. The van der Waals surface area contributed by atoms with Crippen molar-refractivity contribution in [1.29, 1.82) is 0 Å². The number of hydrogen-bond donors (Lipinski definition) is 1. The van der Waals surface area contributed by atoms with Crippen LogP contribution in [0.15, 0.2) is 77.5 Å². The summed E-state index contributed by atoms with van der Waals surface area (Å²) in [5, 5.41) is 0.664. The first kappa shape index (κ1) is 18.3. The van der Waals surface area contributed by atoms with Crippen LogP contribution in [0, 0.1) is 0 Å². The zero-order chi connectivity index (χ0) is 20.5. The number of H-pyrrole nitrogens is 1. The topological polar surface area (TPSA) is 84.7 Å². The first-order valence-corrected chi connectivity index (χ1v) is 9.69. The average molecular weight is 415 g/mol. The molecule has 0 unspecified atom stereocenters. The van der Waals surface area contributed by atoms with Gasteiger partial charge >= 0.3 is 0 Å². The molecule has 0 saturated carbocycles. The molecule has 0 aliphatic rings. The lowest BCUT2D eigenvalue weighted by atomic mass is 10.1. The molecule has 0 bridgehead atoms. The molecule has 0 amide bonds. The van der Waals surface area contributed by atoms with Gasteiger partial charge in [-0.2, -0.15) is 0 Å². The molecule has 1 N–H and O–H groups in total. The third-order valence-corrected chi connectivity index (χ3v) is 4.96. The van der Waals surface area contributed by atoms with E-state index in [1.54, 1.807) is 18.5 Å². The van der Waals surface area contributed by atoms with E-state index in [0.29, 0.717) is 33.9 Å². The molecule has 3 aromatic heterocycles. The van der Waals surface area contributed by atoms with Gasteiger partial charge in [0.2, 0.25) is 0 Å². The van der Waals surface area contributed by atoms with Crippen LogP contribution in [-0.4, -0.2) is 25.7 Å². The number of pyridine rings is 1. The molecule has 7 heteroatoms. The summed E-state index contributed by atoms with van der Waals surface area (Å²) < 4.78 is 5.95. The van der Waals surface area contributed by atoms with Gasteiger partial charge in [0.1, 0.15) is 0 Å². The Hall–Kier alpha value is -3.77. The summed E-state index contributed by atoms with van der Waals surface area (Å²) >= 11 is 6.00. The fourth-order valence-corrected chi connectivity index (χ4v) is 3.37. The number of aromatic nitrogens is 4. The molecule has 5 rings (SSSR count). The third kappa shape index (κ3) is 3.49. The number of carbonyl (C=O) groups is 1. The van der Waals surface area contributed by atoms with Crippen molar-refractivity contribution in [3.05, 3.63) is 101 Å². The minimum atomic E-state index is -0.411. The van der Waals surface area contributed by atoms with E-state index in [4.69, 9.17) is 16.0 Å². The van der Waals surface area contributed by atoms with Gasteiger partial charge in [0, 0.05) is 23.2 Å². The van der Waals surface area contributed by atoms with Crippen LogP contribution in [0.25, 0.3) is 22.4 Å². The number of benzene rings is 2. The van der Waals surface area contributed by atoms with Gasteiger partial charge in [-0.05, 0) is 23.8 Å². The SMILES string of the molecule is O=C(c1nc2ccncc2[nH]1)c1nc(Cc2ccc(Cl)cc2)c(-c2ccccc2)o1. The molecule has 2 aromatic carbocycles. The van der Waals surface area contributed by atoms with E-state index in [0.717, 1.165) is 11.1 Å². The number of oxazole rings is 1. The number of aromatic amines is 1. The molecule has 0 fully saturated rings. The quantitative estimate of drug-likeness (QED) is 0.405. The molecule has 0 aliphatic heterocycles. The first-order chi connectivity index (χ1) is 14.7. The Morgan fingerprint density at radius 2 is 1.80 bits per heavy atom. The van der Waals surface area contributed by atoms with Crippen molar-refractivity contribution in [2.45, 2.75) is 6.42 Å². The molecule has 0 spiro atoms. The number of halogens is 1. The summed E-state index contributed by atoms with van der Waals surface area (Å²) in [5.74, 6) is 0.305. The zero-order valence-electron chi connectivity index (χ0n) is 15.7. The lowest BCUT2D eigenvalue weighted by Gasteiger charge is -2.02. The highest BCUT2D eigenvalue weighted by Crippen LogP contribution is 2.28. The van der Waals surface area contributed by atoms with Crippen molar-refractivity contribution >= 4 is 28.4 Å². The summed E-state index contributed by atoms with van der Waals surface area (Å²) in [4.78, 5) is 28.9. The smallest absolute Gasteiger partial charge is 0.283 e. The number of imidazole rings is 1. The van der Waals surface area contributed by atoms with Gasteiger partial charge in [-0.15, -0.1) is 0 Å². The maximum Gasteiger partial charge on any atom is 0.283 e. The van der Waals surface area contributed by atoms with Crippen molar-refractivity contribution in [1.82, 2.24) is 19.9 Å². The van der Waals surface area contributed by atoms with E-state index in [1.807, 2.05) is 54.6 Å². The molecular weight excluding hydrogens is 400 g/mol. The summed E-state index contributed by atoms with van der Waals surface area (Å²) in [7, 11) is 0. The van der Waals surface area contributed by atoms with E-state index in [9.17, 15) is 4.79 Å². The van der Waals surface area contributed by atoms with Crippen LogP contribution < -0.4 is 0 Å². The van der Waals surface area contributed by atoms with Crippen LogP contribution in [0.4, 0.5) is 0 Å². The van der Waals surface area contributed by atoms with Crippen LogP contribution in [0.2, 0.25) is 5.02 Å². The molecule has 0 atom stereocenters. The standard InChI is InChI=1S/C23H15ClN4O2/c24-16-8-6-14(7-9-16)12-18-21(15-4-2-1-3-5-15)30-23(28-18)20(29)22-26-17-10-11-25-13-19(17)27-22/h1-11,13H,12H2,(H,26,27). The number of ketones is 1. The van der Waals surface area contributed by atoms with Crippen molar-refractivity contribution in [2.24, 2.45) is 0 Å². The molecular formula is C23H15ClN4O2. The molecule has 0 aliphatic carbocycles. The Morgan fingerprint density at radius 3 is 2.57 bits per heavy atom. The predicted octanol–water partition coefficient (Wildman–Crippen LogP) is 5.09. The van der Waals surface area contributed by atoms with Crippen molar-refractivity contribution < 1.29 is 9.21 Å². The van der Waals surface area contributed by atoms with Gasteiger partial charge in [-0.25, -0.2) is 9.97 Å². The molecule has 146 valence electrons. The molecule has 5 aromatic rings. The molecule has 0 radical (unpaired) electrons. The van der Waals surface area contributed by atoms with Gasteiger partial charge in [0.25, 0.3) is 11.7 Å². The molecule has 3 heterocycles. The summed E-state index contributed by atoms with van der Waals surface area (Å²) in [5.41, 5.74) is 3.87. The molecule has 0 saturated heterocycles. The second kappa shape index (κ2) is 7.57. The number of nitrogens with zero attached hydrogens (tertiary/aromatic N) is 3. The van der Waals surface area contributed by atoms with Crippen molar-refractivity contribution in [3.63, 3.8) is 0 Å². The highest BCUT2D eigenvalue weighted by atomic mass is 35.5. The van der Waals surface area contributed by atoms with Gasteiger partial charge in [0.15, 0.2) is 11.6 Å². The van der Waals surface area contributed by atoms with Gasteiger partial charge in [0.05, 0.1) is 22.9 Å². The zero-order valence-corrected chi connectivity index (χ0v) is 16.4. The number of hydrogen-bond acceptors (Lipinski definition) is 5. The summed E-state index contributed by atoms with van der Waals surface area (Å²) in [6.07, 6.45) is 3.75.